The highest BCUT2D eigenvalue weighted by molar-refractivity contribution is 5.82. The Hall–Kier alpha value is -1.32. The molecule has 1 aliphatic heterocycles. The Morgan fingerprint density at radius 2 is 2.25 bits per heavy atom. The number of hydrogen-bond donors (Lipinski definition) is 0. The van der Waals surface area contributed by atoms with Crippen molar-refractivity contribution in [3.8, 4) is 0 Å². The van der Waals surface area contributed by atoms with E-state index in [-0.39, 0.29) is 11.9 Å². The van der Waals surface area contributed by atoms with Gasteiger partial charge in [-0.1, -0.05) is 12.2 Å². The van der Waals surface area contributed by atoms with Crippen molar-refractivity contribution < 1.29 is 19.1 Å². The van der Waals surface area contributed by atoms with Crippen molar-refractivity contribution in [2.45, 2.75) is 25.4 Å². The number of esters is 2. The summed E-state index contributed by atoms with van der Waals surface area (Å²) in [6.07, 6.45) is 6.07. The van der Waals surface area contributed by atoms with E-state index < -0.39 is 12.1 Å². The molecular weight excluding hydrogens is 208 g/mol. The highest BCUT2D eigenvalue weighted by Crippen LogP contribution is 2.44. The molecule has 0 aromatic heterocycles. The monoisotopic (exact) mass is 222 g/mol. The van der Waals surface area contributed by atoms with Crippen LogP contribution in [0.2, 0.25) is 0 Å². The van der Waals surface area contributed by atoms with Crippen LogP contribution in [0.1, 0.15) is 19.3 Å². The first-order valence-corrected chi connectivity index (χ1v) is 5.79. The summed E-state index contributed by atoms with van der Waals surface area (Å²) in [5, 5.41) is 0. The van der Waals surface area contributed by atoms with Gasteiger partial charge in [0.2, 0.25) is 6.10 Å². The Balaban J connectivity index is 1.61. The minimum absolute atomic E-state index is 0.0385. The molecule has 4 heteroatoms. The van der Waals surface area contributed by atoms with Crippen molar-refractivity contribution in [3.05, 3.63) is 12.2 Å². The third kappa shape index (κ3) is 1.52. The number of ether oxygens (including phenoxy) is 2. The summed E-state index contributed by atoms with van der Waals surface area (Å²) in [7, 11) is 0. The number of rotatable bonds is 2. The molecule has 0 aromatic carbocycles. The maximum absolute atomic E-state index is 11.9. The lowest BCUT2D eigenvalue weighted by atomic mass is 9.94. The van der Waals surface area contributed by atoms with Crippen LogP contribution < -0.4 is 0 Å². The van der Waals surface area contributed by atoms with Crippen molar-refractivity contribution in [1.29, 1.82) is 0 Å². The van der Waals surface area contributed by atoms with Gasteiger partial charge in [0, 0.05) is 6.42 Å². The van der Waals surface area contributed by atoms with Gasteiger partial charge in [0.25, 0.3) is 0 Å². The van der Waals surface area contributed by atoms with Crippen molar-refractivity contribution in [2.75, 3.05) is 6.61 Å². The molecule has 1 heterocycles. The zero-order chi connectivity index (χ0) is 11.1. The molecule has 0 amide bonds. The van der Waals surface area contributed by atoms with E-state index >= 15 is 0 Å². The van der Waals surface area contributed by atoms with E-state index in [1.807, 2.05) is 0 Å². The number of fused-ring (bicyclic) bond motifs is 2. The van der Waals surface area contributed by atoms with Crippen LogP contribution in [0.4, 0.5) is 0 Å². The molecule has 16 heavy (non-hydrogen) atoms. The predicted molar refractivity (Wildman–Crippen MR) is 54.3 cm³/mol. The van der Waals surface area contributed by atoms with E-state index in [1.165, 1.54) is 0 Å². The number of allylic oxidation sites excluding steroid dienone is 2. The zero-order valence-corrected chi connectivity index (χ0v) is 8.93. The van der Waals surface area contributed by atoms with Gasteiger partial charge in [0.15, 0.2) is 0 Å². The van der Waals surface area contributed by atoms with Crippen molar-refractivity contribution in [2.24, 2.45) is 17.8 Å². The van der Waals surface area contributed by atoms with Crippen LogP contribution in [0.3, 0.4) is 0 Å². The van der Waals surface area contributed by atoms with E-state index in [1.54, 1.807) is 0 Å². The van der Waals surface area contributed by atoms with E-state index in [4.69, 9.17) is 9.47 Å². The maximum atomic E-state index is 11.9. The molecule has 2 bridgehead atoms. The van der Waals surface area contributed by atoms with Crippen LogP contribution in [0.5, 0.6) is 0 Å². The fourth-order valence-corrected chi connectivity index (χ4v) is 2.86. The Kier molecular flexibility index (Phi) is 2.23. The second-order valence-electron chi connectivity index (χ2n) is 4.77. The Morgan fingerprint density at radius 3 is 2.81 bits per heavy atom. The molecule has 0 N–H and O–H groups in total. The lowest BCUT2D eigenvalue weighted by Crippen LogP contribution is -2.29. The van der Waals surface area contributed by atoms with Gasteiger partial charge in [0.05, 0.1) is 12.5 Å². The lowest BCUT2D eigenvalue weighted by Gasteiger charge is -2.18. The van der Waals surface area contributed by atoms with Crippen molar-refractivity contribution in [1.82, 2.24) is 0 Å². The summed E-state index contributed by atoms with van der Waals surface area (Å²) in [6.45, 7) is 0.368. The summed E-state index contributed by atoms with van der Waals surface area (Å²) in [5.74, 6) is 0.212. The molecule has 4 atom stereocenters. The maximum Gasteiger partial charge on any atom is 0.347 e. The Bertz CT molecular complexity index is 360. The summed E-state index contributed by atoms with van der Waals surface area (Å²) in [5.41, 5.74) is 0. The van der Waals surface area contributed by atoms with Gasteiger partial charge in [-0.2, -0.15) is 0 Å². The third-order valence-corrected chi connectivity index (χ3v) is 3.73. The quantitative estimate of drug-likeness (QED) is 0.518. The van der Waals surface area contributed by atoms with Crippen LogP contribution >= 0.6 is 0 Å². The number of carbonyl (C=O) groups excluding carboxylic acids is 2. The third-order valence-electron chi connectivity index (χ3n) is 3.73. The minimum Gasteiger partial charge on any atom is -0.463 e. The smallest absolute Gasteiger partial charge is 0.347 e. The second kappa shape index (κ2) is 3.61. The molecular formula is C12H14O4. The highest BCUT2D eigenvalue weighted by Gasteiger charge is 2.42. The zero-order valence-electron chi connectivity index (χ0n) is 8.93. The van der Waals surface area contributed by atoms with Crippen LogP contribution in [-0.4, -0.2) is 24.6 Å². The first kappa shape index (κ1) is 9.87. The first-order chi connectivity index (χ1) is 7.74. The van der Waals surface area contributed by atoms with Crippen LogP contribution in [-0.2, 0) is 19.1 Å². The topological polar surface area (TPSA) is 52.6 Å². The van der Waals surface area contributed by atoms with Gasteiger partial charge < -0.3 is 9.47 Å². The molecule has 2 fully saturated rings. The lowest BCUT2D eigenvalue weighted by molar-refractivity contribution is -0.163. The normalized spacial score (nSPS) is 40.1. The predicted octanol–water partition coefficient (Wildman–Crippen LogP) is 1.06. The first-order valence-electron chi connectivity index (χ1n) is 5.79. The Labute approximate surface area is 93.6 Å². The largest absolute Gasteiger partial charge is 0.463 e. The second-order valence-corrected chi connectivity index (χ2v) is 4.77. The molecule has 1 saturated heterocycles. The molecule has 2 aliphatic carbocycles. The van der Waals surface area contributed by atoms with Gasteiger partial charge in [-0.05, 0) is 24.7 Å². The molecule has 3 rings (SSSR count). The minimum atomic E-state index is -0.657. The van der Waals surface area contributed by atoms with E-state index in [2.05, 4.69) is 12.2 Å². The number of cyclic esters (lactones) is 1. The van der Waals surface area contributed by atoms with Gasteiger partial charge in [-0.25, -0.2) is 4.79 Å². The summed E-state index contributed by atoms with van der Waals surface area (Å²) in [6, 6.07) is 0. The standard InChI is InChI=1S/C12H14O4/c13-11(16-10-3-4-15-12(10)14)9-6-7-1-2-8(9)5-7/h1-2,7-10H,3-6H2/t7-,8+,9-,10?/m0/s1. The van der Waals surface area contributed by atoms with Crippen LogP contribution in [0, 0.1) is 17.8 Å². The number of carbonyl (C=O) groups is 2. The van der Waals surface area contributed by atoms with Gasteiger partial charge in [-0.15, -0.1) is 0 Å². The average Bonchev–Trinajstić information content (AvgIpc) is 2.95. The van der Waals surface area contributed by atoms with Crippen molar-refractivity contribution >= 4 is 11.9 Å². The van der Waals surface area contributed by atoms with Crippen LogP contribution in [0.15, 0.2) is 12.2 Å². The molecule has 0 aromatic rings. The van der Waals surface area contributed by atoms with E-state index in [9.17, 15) is 9.59 Å². The molecule has 3 aliphatic rings. The molecule has 0 spiro atoms. The van der Waals surface area contributed by atoms with E-state index in [0.717, 1.165) is 12.8 Å². The summed E-state index contributed by atoms with van der Waals surface area (Å²) in [4.78, 5) is 23.0. The average molecular weight is 222 g/mol. The molecule has 1 unspecified atom stereocenters. The summed E-state index contributed by atoms with van der Waals surface area (Å²) < 4.78 is 9.97. The molecule has 4 nitrogen and oxygen atoms in total. The van der Waals surface area contributed by atoms with Gasteiger partial charge in [0.1, 0.15) is 0 Å². The molecule has 0 radical (unpaired) electrons. The summed E-state index contributed by atoms with van der Waals surface area (Å²) >= 11 is 0. The van der Waals surface area contributed by atoms with Crippen LogP contribution in [0.25, 0.3) is 0 Å². The highest BCUT2D eigenvalue weighted by atomic mass is 16.6. The van der Waals surface area contributed by atoms with E-state index in [0.29, 0.717) is 24.9 Å². The van der Waals surface area contributed by atoms with Gasteiger partial charge in [-0.3, -0.25) is 4.79 Å². The number of hydrogen-bond acceptors (Lipinski definition) is 4. The SMILES string of the molecule is O=C1OCCC1OC(=O)[C@H]1C[C@H]2C=C[C@@H]1C2. The molecule has 86 valence electrons. The van der Waals surface area contributed by atoms with Crippen molar-refractivity contribution in [3.63, 3.8) is 0 Å². The molecule has 1 saturated carbocycles. The Morgan fingerprint density at radius 1 is 1.38 bits per heavy atom. The van der Waals surface area contributed by atoms with Gasteiger partial charge >= 0.3 is 11.9 Å². The fourth-order valence-electron chi connectivity index (χ4n) is 2.86. The fraction of sp³-hybridized carbons (Fsp3) is 0.667.